The van der Waals surface area contributed by atoms with Crippen LogP contribution >= 0.6 is 0 Å². The Labute approximate surface area is 123 Å². The number of hydrogen-bond acceptors (Lipinski definition) is 4. The van der Waals surface area contributed by atoms with Crippen molar-refractivity contribution in [3.8, 4) is 17.2 Å². The first-order chi connectivity index (χ1) is 9.99. The molecule has 0 aliphatic rings. The van der Waals surface area contributed by atoms with E-state index in [1.54, 1.807) is 19.5 Å². The topological polar surface area (TPSA) is 48.2 Å². The molecule has 1 aromatic carbocycles. The molecule has 0 N–H and O–H groups in total. The lowest BCUT2D eigenvalue weighted by molar-refractivity contribution is 0.413. The SMILES string of the molecule is COc1cnccc1-c1nc2cc(C(C)(C)C)ccc2o1. The Balaban J connectivity index is 2.13. The Morgan fingerprint density at radius 3 is 2.67 bits per heavy atom. The van der Waals surface area contributed by atoms with E-state index < -0.39 is 0 Å². The quantitative estimate of drug-likeness (QED) is 0.707. The van der Waals surface area contributed by atoms with Crippen LogP contribution < -0.4 is 4.74 Å². The fraction of sp³-hybridized carbons (Fsp3) is 0.294. The van der Waals surface area contributed by atoms with Gasteiger partial charge < -0.3 is 9.15 Å². The third-order valence-electron chi connectivity index (χ3n) is 3.49. The highest BCUT2D eigenvalue weighted by Gasteiger charge is 2.17. The lowest BCUT2D eigenvalue weighted by Crippen LogP contribution is -2.10. The number of pyridine rings is 1. The third-order valence-corrected chi connectivity index (χ3v) is 3.49. The van der Waals surface area contributed by atoms with E-state index in [9.17, 15) is 0 Å². The van der Waals surface area contributed by atoms with Gasteiger partial charge in [0, 0.05) is 6.20 Å². The van der Waals surface area contributed by atoms with E-state index in [2.05, 4.69) is 42.9 Å². The maximum atomic E-state index is 5.85. The molecule has 0 fully saturated rings. The first kappa shape index (κ1) is 13.6. The second kappa shape index (κ2) is 4.88. The Hall–Kier alpha value is -2.36. The summed E-state index contributed by atoms with van der Waals surface area (Å²) in [6, 6.07) is 7.98. The molecule has 4 heteroatoms. The number of oxazole rings is 1. The van der Waals surface area contributed by atoms with Gasteiger partial charge in [-0.1, -0.05) is 26.8 Å². The van der Waals surface area contributed by atoms with E-state index in [1.165, 1.54) is 5.56 Å². The fourth-order valence-corrected chi connectivity index (χ4v) is 2.23. The Morgan fingerprint density at radius 1 is 1.14 bits per heavy atom. The summed E-state index contributed by atoms with van der Waals surface area (Å²) in [6.45, 7) is 6.54. The molecule has 0 bridgehead atoms. The molecule has 3 aromatic rings. The maximum absolute atomic E-state index is 5.85. The Bertz CT molecular complexity index is 785. The van der Waals surface area contributed by atoms with Gasteiger partial charge in [-0.15, -0.1) is 0 Å². The molecule has 0 radical (unpaired) electrons. The molecule has 0 aliphatic carbocycles. The van der Waals surface area contributed by atoms with Crippen molar-refractivity contribution in [2.75, 3.05) is 7.11 Å². The van der Waals surface area contributed by atoms with Crippen molar-refractivity contribution >= 4 is 11.1 Å². The minimum Gasteiger partial charge on any atom is -0.494 e. The van der Waals surface area contributed by atoms with Gasteiger partial charge in [0.1, 0.15) is 11.3 Å². The van der Waals surface area contributed by atoms with Gasteiger partial charge in [-0.25, -0.2) is 4.98 Å². The molecule has 3 rings (SSSR count). The van der Waals surface area contributed by atoms with Crippen LogP contribution in [0.4, 0.5) is 0 Å². The van der Waals surface area contributed by atoms with E-state index in [0.29, 0.717) is 11.6 Å². The molecular weight excluding hydrogens is 264 g/mol. The van der Waals surface area contributed by atoms with Crippen molar-refractivity contribution in [3.05, 3.63) is 42.2 Å². The summed E-state index contributed by atoms with van der Waals surface area (Å²) in [5, 5.41) is 0. The molecule has 0 amide bonds. The highest BCUT2D eigenvalue weighted by Crippen LogP contribution is 2.32. The summed E-state index contributed by atoms with van der Waals surface area (Å²) in [6.07, 6.45) is 3.36. The maximum Gasteiger partial charge on any atom is 0.231 e. The molecule has 0 unspecified atom stereocenters. The number of methoxy groups -OCH3 is 1. The molecule has 0 spiro atoms. The van der Waals surface area contributed by atoms with Crippen molar-refractivity contribution in [2.24, 2.45) is 0 Å². The van der Waals surface area contributed by atoms with Crippen molar-refractivity contribution in [1.82, 2.24) is 9.97 Å². The van der Waals surface area contributed by atoms with Crippen LogP contribution in [0, 0.1) is 0 Å². The zero-order chi connectivity index (χ0) is 15.0. The van der Waals surface area contributed by atoms with Crippen molar-refractivity contribution in [2.45, 2.75) is 26.2 Å². The standard InChI is InChI=1S/C17H18N2O2/c1-17(2,3)11-5-6-14-13(9-11)19-16(21-14)12-7-8-18-10-15(12)20-4/h5-10H,1-4H3. The summed E-state index contributed by atoms with van der Waals surface area (Å²) in [7, 11) is 1.61. The summed E-state index contributed by atoms with van der Waals surface area (Å²) >= 11 is 0. The highest BCUT2D eigenvalue weighted by atomic mass is 16.5. The van der Waals surface area contributed by atoms with Crippen molar-refractivity contribution in [1.29, 1.82) is 0 Å². The number of ether oxygens (including phenoxy) is 1. The van der Waals surface area contributed by atoms with E-state index in [1.807, 2.05) is 12.1 Å². The lowest BCUT2D eigenvalue weighted by Gasteiger charge is -2.18. The lowest BCUT2D eigenvalue weighted by atomic mass is 9.87. The normalized spacial score (nSPS) is 11.8. The third kappa shape index (κ3) is 2.49. The van der Waals surface area contributed by atoms with Gasteiger partial charge in [-0.05, 0) is 29.2 Å². The fourth-order valence-electron chi connectivity index (χ4n) is 2.23. The predicted molar refractivity (Wildman–Crippen MR) is 82.5 cm³/mol. The number of fused-ring (bicyclic) bond motifs is 1. The number of nitrogens with zero attached hydrogens (tertiary/aromatic N) is 2. The van der Waals surface area contributed by atoms with Gasteiger partial charge in [-0.2, -0.15) is 0 Å². The Kier molecular flexibility index (Phi) is 3.16. The zero-order valence-electron chi connectivity index (χ0n) is 12.7. The van der Waals surface area contributed by atoms with Gasteiger partial charge in [0.25, 0.3) is 0 Å². The van der Waals surface area contributed by atoms with Crippen LogP contribution in [0.25, 0.3) is 22.6 Å². The molecule has 108 valence electrons. The summed E-state index contributed by atoms with van der Waals surface area (Å²) in [5.41, 5.74) is 3.76. The van der Waals surface area contributed by atoms with Gasteiger partial charge in [-0.3, -0.25) is 4.98 Å². The summed E-state index contributed by atoms with van der Waals surface area (Å²) < 4.78 is 11.2. The first-order valence-electron chi connectivity index (χ1n) is 6.88. The summed E-state index contributed by atoms with van der Waals surface area (Å²) in [4.78, 5) is 8.64. The van der Waals surface area contributed by atoms with E-state index in [-0.39, 0.29) is 5.41 Å². The van der Waals surface area contributed by atoms with Crippen LogP contribution in [0.5, 0.6) is 5.75 Å². The molecule has 2 heterocycles. The smallest absolute Gasteiger partial charge is 0.231 e. The molecule has 4 nitrogen and oxygen atoms in total. The molecule has 0 saturated carbocycles. The van der Waals surface area contributed by atoms with E-state index in [0.717, 1.165) is 16.7 Å². The largest absolute Gasteiger partial charge is 0.494 e. The average Bonchev–Trinajstić information content (AvgIpc) is 2.89. The first-order valence-corrected chi connectivity index (χ1v) is 6.88. The van der Waals surface area contributed by atoms with E-state index in [4.69, 9.17) is 9.15 Å². The van der Waals surface area contributed by atoms with Gasteiger partial charge in [0.15, 0.2) is 5.58 Å². The number of rotatable bonds is 2. The molecule has 0 atom stereocenters. The second-order valence-corrected chi connectivity index (χ2v) is 6.03. The minimum atomic E-state index is 0.0850. The van der Waals surface area contributed by atoms with Crippen LogP contribution in [0.2, 0.25) is 0 Å². The van der Waals surface area contributed by atoms with Crippen LogP contribution in [0.1, 0.15) is 26.3 Å². The zero-order valence-corrected chi connectivity index (χ0v) is 12.7. The molecule has 0 aliphatic heterocycles. The predicted octanol–water partition coefficient (Wildman–Crippen LogP) is 4.20. The van der Waals surface area contributed by atoms with Crippen LogP contribution in [-0.2, 0) is 5.41 Å². The molecular formula is C17H18N2O2. The number of hydrogen-bond donors (Lipinski definition) is 0. The van der Waals surface area contributed by atoms with Crippen molar-refractivity contribution < 1.29 is 9.15 Å². The minimum absolute atomic E-state index is 0.0850. The molecule has 2 aromatic heterocycles. The van der Waals surface area contributed by atoms with Gasteiger partial charge in [0.2, 0.25) is 5.89 Å². The number of aromatic nitrogens is 2. The molecule has 21 heavy (non-hydrogen) atoms. The van der Waals surface area contributed by atoms with Gasteiger partial charge >= 0.3 is 0 Å². The van der Waals surface area contributed by atoms with Crippen molar-refractivity contribution in [3.63, 3.8) is 0 Å². The second-order valence-electron chi connectivity index (χ2n) is 6.03. The van der Waals surface area contributed by atoms with Crippen LogP contribution in [-0.4, -0.2) is 17.1 Å². The monoisotopic (exact) mass is 282 g/mol. The van der Waals surface area contributed by atoms with Crippen LogP contribution in [0.15, 0.2) is 41.1 Å². The van der Waals surface area contributed by atoms with E-state index >= 15 is 0 Å². The molecule has 0 saturated heterocycles. The van der Waals surface area contributed by atoms with Gasteiger partial charge in [0.05, 0.1) is 18.9 Å². The average molecular weight is 282 g/mol. The van der Waals surface area contributed by atoms with Crippen LogP contribution in [0.3, 0.4) is 0 Å². The summed E-state index contributed by atoms with van der Waals surface area (Å²) in [5.74, 6) is 1.20. The Morgan fingerprint density at radius 2 is 1.95 bits per heavy atom. The number of benzene rings is 1. The highest BCUT2D eigenvalue weighted by molar-refractivity contribution is 5.78.